The van der Waals surface area contributed by atoms with Gasteiger partial charge in [-0.1, -0.05) is 78.5 Å². The van der Waals surface area contributed by atoms with Crippen LogP contribution in [0.2, 0.25) is 0 Å². The number of carbonyl (C=O) groups is 1. The van der Waals surface area contributed by atoms with E-state index >= 15 is 0 Å². The van der Waals surface area contributed by atoms with Gasteiger partial charge < -0.3 is 20.9 Å². The van der Waals surface area contributed by atoms with Gasteiger partial charge in [-0.05, 0) is 23.3 Å². The number of hydrogen-bond acceptors (Lipinski definition) is 7. The van der Waals surface area contributed by atoms with Crippen LogP contribution in [0.1, 0.15) is 22.3 Å². The second-order valence-electron chi connectivity index (χ2n) is 9.14. The zero-order valence-corrected chi connectivity index (χ0v) is 21.3. The van der Waals surface area contributed by atoms with Gasteiger partial charge in [-0.25, -0.2) is 9.37 Å². The Bertz CT molecular complexity index is 1760. The Kier molecular flexibility index (Phi) is 5.93. The highest BCUT2D eigenvalue weighted by atomic mass is 32.2. The summed E-state index contributed by atoms with van der Waals surface area (Å²) in [6.45, 7) is 0.238. The number of H-pyrrole nitrogens is 1. The number of para-hydroxylation sites is 1. The summed E-state index contributed by atoms with van der Waals surface area (Å²) in [5, 5.41) is 13.3. The van der Waals surface area contributed by atoms with Gasteiger partial charge in [-0.15, -0.1) is 0 Å². The predicted molar refractivity (Wildman–Crippen MR) is 146 cm³/mol. The minimum Gasteiger partial charge on any atom is -0.384 e. The Morgan fingerprint density at radius 2 is 1.74 bits per heavy atom. The molecule has 3 aromatic carbocycles. The van der Waals surface area contributed by atoms with E-state index in [2.05, 4.69) is 21.4 Å². The number of amides is 1. The van der Waals surface area contributed by atoms with Crippen molar-refractivity contribution in [3.63, 3.8) is 0 Å². The first-order chi connectivity index (χ1) is 18.9. The number of nitrogens with one attached hydrogen (secondary N) is 2. The molecule has 0 fully saturated rings. The van der Waals surface area contributed by atoms with Crippen LogP contribution < -0.4 is 21.5 Å². The molecule has 0 bridgehead atoms. The minimum atomic E-state index is -1.78. The predicted octanol–water partition coefficient (Wildman–Crippen LogP) is 4.15. The standard InChI is InChI=1S/C29H21FN6O2S/c30-21-12-6-4-10-18(21)16-39-28-34-25-23(26(37)35-28)29(20(14-31)24(32)33-25)19-11-5-7-13-22(19)36(27(29)38)15-17-8-2-1-3-9-17/h1-13H,15-16,32H2,(H2,33,34,35,37)/t29-/m1/s1. The molecule has 2 aliphatic rings. The highest BCUT2D eigenvalue weighted by Crippen LogP contribution is 2.53. The molecule has 2 aliphatic heterocycles. The zero-order valence-electron chi connectivity index (χ0n) is 20.4. The summed E-state index contributed by atoms with van der Waals surface area (Å²) in [5.41, 5.74) is 6.29. The van der Waals surface area contributed by atoms with Gasteiger partial charge in [0.15, 0.2) is 5.16 Å². The number of nitriles is 1. The molecule has 1 amide bonds. The number of aromatic nitrogens is 2. The molecular weight excluding hydrogens is 515 g/mol. The van der Waals surface area contributed by atoms with Gasteiger partial charge in [-0.2, -0.15) is 5.26 Å². The van der Waals surface area contributed by atoms with E-state index in [1.165, 1.54) is 6.07 Å². The van der Waals surface area contributed by atoms with Gasteiger partial charge in [0.25, 0.3) is 5.56 Å². The molecule has 8 nitrogen and oxygen atoms in total. The van der Waals surface area contributed by atoms with Crippen molar-refractivity contribution < 1.29 is 9.18 Å². The molecule has 4 N–H and O–H groups in total. The van der Waals surface area contributed by atoms with E-state index in [4.69, 9.17) is 5.73 Å². The van der Waals surface area contributed by atoms with Crippen molar-refractivity contribution in [1.29, 1.82) is 5.26 Å². The van der Waals surface area contributed by atoms with E-state index < -0.39 is 16.9 Å². The van der Waals surface area contributed by atoms with Gasteiger partial charge in [0.1, 0.15) is 28.9 Å². The third kappa shape index (κ3) is 3.78. The maximum absolute atomic E-state index is 14.4. The smallest absolute Gasteiger partial charge is 0.258 e. The second kappa shape index (κ2) is 9.45. The number of fused-ring (bicyclic) bond motifs is 4. The van der Waals surface area contributed by atoms with E-state index in [9.17, 15) is 19.2 Å². The van der Waals surface area contributed by atoms with Crippen LogP contribution in [-0.2, 0) is 22.5 Å². The molecule has 4 aromatic rings. The van der Waals surface area contributed by atoms with Crippen LogP contribution in [0.3, 0.4) is 0 Å². The SMILES string of the molecule is N#CC1=C(N)Nc2nc(SCc3ccccc3F)[nH]c(=O)c2[C@]12C(=O)N(Cc1ccccc1)c1ccccc12. The van der Waals surface area contributed by atoms with Gasteiger partial charge in [0.2, 0.25) is 5.91 Å². The number of nitrogens with two attached hydrogens (primary N) is 1. The van der Waals surface area contributed by atoms with Gasteiger partial charge >= 0.3 is 0 Å². The summed E-state index contributed by atoms with van der Waals surface area (Å²) in [5.74, 6) is -0.580. The number of benzene rings is 3. The van der Waals surface area contributed by atoms with Crippen LogP contribution in [0.25, 0.3) is 0 Å². The average molecular weight is 537 g/mol. The summed E-state index contributed by atoms with van der Waals surface area (Å²) in [4.78, 5) is 37.1. The molecule has 1 aromatic heterocycles. The molecule has 1 spiro atoms. The molecular formula is C29H21FN6O2S. The normalized spacial score (nSPS) is 17.5. The summed E-state index contributed by atoms with van der Waals surface area (Å²) < 4.78 is 14.1. The monoisotopic (exact) mass is 536 g/mol. The lowest BCUT2D eigenvalue weighted by Crippen LogP contribution is -2.49. The van der Waals surface area contributed by atoms with Crippen molar-refractivity contribution in [2.75, 3.05) is 10.2 Å². The largest absolute Gasteiger partial charge is 0.384 e. The number of anilines is 2. The van der Waals surface area contributed by atoms with Crippen LogP contribution in [0.5, 0.6) is 0 Å². The fourth-order valence-corrected chi connectivity index (χ4v) is 6.09. The topological polar surface area (TPSA) is 128 Å². The molecule has 39 heavy (non-hydrogen) atoms. The summed E-state index contributed by atoms with van der Waals surface area (Å²) >= 11 is 1.14. The highest BCUT2D eigenvalue weighted by Gasteiger charge is 2.60. The van der Waals surface area contributed by atoms with E-state index in [-0.39, 0.29) is 46.0 Å². The van der Waals surface area contributed by atoms with Crippen LogP contribution in [0.15, 0.2) is 100 Å². The quantitative estimate of drug-likeness (QED) is 0.258. The number of carbonyl (C=O) groups excluding carboxylic acids is 1. The van der Waals surface area contributed by atoms with Crippen molar-refractivity contribution in [3.8, 4) is 6.07 Å². The molecule has 0 radical (unpaired) electrons. The molecule has 0 saturated carbocycles. The minimum absolute atomic E-state index is 0.00324. The summed E-state index contributed by atoms with van der Waals surface area (Å²) in [6, 6.07) is 25.0. The lowest BCUT2D eigenvalue weighted by Gasteiger charge is -2.34. The lowest BCUT2D eigenvalue weighted by molar-refractivity contribution is -0.120. The molecule has 1 atom stereocenters. The van der Waals surface area contributed by atoms with E-state index in [0.29, 0.717) is 16.8 Å². The van der Waals surface area contributed by atoms with Gasteiger partial charge in [0, 0.05) is 17.0 Å². The Balaban J connectivity index is 1.50. The summed E-state index contributed by atoms with van der Waals surface area (Å²) in [7, 11) is 0. The first kappa shape index (κ1) is 24.5. The van der Waals surface area contributed by atoms with Crippen LogP contribution in [0, 0.1) is 17.1 Å². The van der Waals surface area contributed by atoms with Crippen molar-refractivity contribution in [1.82, 2.24) is 9.97 Å². The van der Waals surface area contributed by atoms with Crippen molar-refractivity contribution in [3.05, 3.63) is 129 Å². The molecule has 0 saturated heterocycles. The number of hydrogen-bond donors (Lipinski definition) is 3. The van der Waals surface area contributed by atoms with Crippen molar-refractivity contribution in [2.45, 2.75) is 22.9 Å². The van der Waals surface area contributed by atoms with E-state index in [1.807, 2.05) is 30.3 Å². The average Bonchev–Trinajstić information content (AvgIpc) is 3.17. The fraction of sp³-hybridized carbons (Fsp3) is 0.103. The molecule has 3 heterocycles. The third-order valence-corrected chi connectivity index (χ3v) is 7.87. The van der Waals surface area contributed by atoms with Gasteiger partial charge in [0.05, 0.1) is 17.7 Å². The first-order valence-corrected chi connectivity index (χ1v) is 13.1. The number of thioether (sulfide) groups is 1. The van der Waals surface area contributed by atoms with E-state index in [1.54, 1.807) is 47.4 Å². The molecule has 6 rings (SSSR count). The number of rotatable bonds is 5. The van der Waals surface area contributed by atoms with Gasteiger partial charge in [-0.3, -0.25) is 9.59 Å². The molecule has 0 aliphatic carbocycles. The maximum Gasteiger partial charge on any atom is 0.258 e. The first-order valence-electron chi connectivity index (χ1n) is 12.1. The van der Waals surface area contributed by atoms with Crippen molar-refractivity contribution >= 4 is 29.2 Å². The number of nitrogens with zero attached hydrogens (tertiary/aromatic N) is 3. The molecule has 10 heteroatoms. The van der Waals surface area contributed by atoms with Crippen LogP contribution in [0.4, 0.5) is 15.9 Å². The Morgan fingerprint density at radius 1 is 1.03 bits per heavy atom. The Hall–Kier alpha value is -4.88. The summed E-state index contributed by atoms with van der Waals surface area (Å²) in [6.07, 6.45) is 0. The Labute approximate surface area is 227 Å². The third-order valence-electron chi connectivity index (χ3n) is 6.95. The van der Waals surface area contributed by atoms with E-state index in [0.717, 1.165) is 17.3 Å². The fourth-order valence-electron chi connectivity index (χ4n) is 5.24. The van der Waals surface area contributed by atoms with Crippen LogP contribution in [-0.4, -0.2) is 15.9 Å². The number of aromatic amines is 1. The lowest BCUT2D eigenvalue weighted by atomic mass is 9.69. The van der Waals surface area contributed by atoms with Crippen LogP contribution >= 0.6 is 11.8 Å². The number of halogens is 1. The zero-order chi connectivity index (χ0) is 27.1. The Morgan fingerprint density at radius 3 is 2.51 bits per heavy atom. The molecule has 0 unspecified atom stereocenters. The molecule has 192 valence electrons. The maximum atomic E-state index is 14.4. The van der Waals surface area contributed by atoms with Crippen molar-refractivity contribution in [2.24, 2.45) is 5.73 Å². The second-order valence-corrected chi connectivity index (χ2v) is 10.1. The highest BCUT2D eigenvalue weighted by molar-refractivity contribution is 7.98.